The molecule has 0 aliphatic heterocycles. The van der Waals surface area contributed by atoms with Crippen LogP contribution in [0.15, 0.2) is 46.3 Å². The zero-order valence-corrected chi connectivity index (χ0v) is 16.3. The largest absolute Gasteiger partial charge is 0.382 e. The van der Waals surface area contributed by atoms with E-state index in [0.717, 1.165) is 6.07 Å². The summed E-state index contributed by atoms with van der Waals surface area (Å²) in [5.41, 5.74) is 5.73. The normalized spacial score (nSPS) is 12.6. The highest BCUT2D eigenvalue weighted by molar-refractivity contribution is 6.42. The van der Waals surface area contributed by atoms with Crippen LogP contribution in [0, 0.1) is 10.1 Å². The number of aromatic nitrogens is 2. The monoisotopic (exact) mass is 450 g/mol. The van der Waals surface area contributed by atoms with Crippen LogP contribution in [-0.4, -0.2) is 31.7 Å². The van der Waals surface area contributed by atoms with Crippen LogP contribution in [0.25, 0.3) is 11.0 Å². The number of nitro benzene ring substituents is 1. The number of carbonyl (C=O) groups is 1. The highest BCUT2D eigenvalue weighted by Gasteiger charge is 2.24. The first-order chi connectivity index (χ1) is 14.2. The molecule has 1 unspecified atom stereocenters. The van der Waals surface area contributed by atoms with E-state index in [0.29, 0.717) is 0 Å². The van der Waals surface area contributed by atoms with Gasteiger partial charge in [0.1, 0.15) is 11.8 Å². The van der Waals surface area contributed by atoms with Crippen molar-refractivity contribution in [3.05, 3.63) is 78.2 Å². The predicted octanol–water partition coefficient (Wildman–Crippen LogP) is 2.24. The molecule has 0 radical (unpaired) electrons. The molecule has 1 aromatic heterocycles. The molecule has 154 valence electrons. The fraction of sp³-hybridized carbons (Fsp3) is 0.0588. The van der Waals surface area contributed by atoms with E-state index in [1.165, 1.54) is 30.3 Å². The maximum Gasteiger partial charge on any atom is 0.332 e. The van der Waals surface area contributed by atoms with Gasteiger partial charge in [0.05, 0.1) is 26.0 Å². The number of hydrogen-bond donors (Lipinski definition) is 4. The lowest BCUT2D eigenvalue weighted by Gasteiger charge is -2.14. The Hall–Kier alpha value is -3.54. The summed E-state index contributed by atoms with van der Waals surface area (Å²) in [6.07, 6.45) is -1.55. The average molecular weight is 451 g/mol. The lowest BCUT2D eigenvalue weighted by Crippen LogP contribution is -2.31. The molecule has 0 aliphatic carbocycles. The number of halogens is 2. The number of fused-ring (bicyclic) bond motifs is 1. The molecule has 5 N–H and O–H groups in total. The summed E-state index contributed by atoms with van der Waals surface area (Å²) < 4.78 is 0. The van der Waals surface area contributed by atoms with E-state index in [4.69, 9.17) is 28.9 Å². The van der Waals surface area contributed by atoms with Crippen LogP contribution >= 0.6 is 23.2 Å². The van der Waals surface area contributed by atoms with Crippen LogP contribution in [0.3, 0.4) is 0 Å². The van der Waals surface area contributed by atoms with Crippen LogP contribution in [0.5, 0.6) is 0 Å². The summed E-state index contributed by atoms with van der Waals surface area (Å²) in [6.45, 7) is 0. The van der Waals surface area contributed by atoms with Gasteiger partial charge in [0.25, 0.3) is 11.2 Å². The number of H-pyrrole nitrogens is 1. The van der Waals surface area contributed by atoms with Gasteiger partial charge in [0, 0.05) is 12.1 Å². The zero-order valence-electron chi connectivity index (χ0n) is 14.8. The minimum atomic E-state index is -1.55. The zero-order chi connectivity index (χ0) is 22.0. The minimum absolute atomic E-state index is 0.101. The van der Waals surface area contributed by atoms with Gasteiger partial charge < -0.3 is 15.8 Å². The number of aromatic amines is 1. The Labute approximate surface area is 177 Å². The Bertz CT molecular complexity index is 1260. The van der Waals surface area contributed by atoms with Crippen molar-refractivity contribution in [1.82, 2.24) is 15.4 Å². The highest BCUT2D eigenvalue weighted by Crippen LogP contribution is 2.27. The predicted molar refractivity (Wildman–Crippen MR) is 110 cm³/mol. The van der Waals surface area contributed by atoms with Crippen LogP contribution in [-0.2, 0) is 0 Å². The first-order valence-electron chi connectivity index (χ1n) is 8.12. The number of amides is 2. The molecule has 13 heteroatoms. The molecular formula is C17H12Cl2N6O5. The number of nitrogens with one attached hydrogen (secondary N) is 2. The van der Waals surface area contributed by atoms with Crippen molar-refractivity contribution in [3.8, 4) is 0 Å². The Kier molecular flexibility index (Phi) is 5.96. The van der Waals surface area contributed by atoms with Crippen LogP contribution in [0.1, 0.15) is 17.4 Å². The Balaban J connectivity index is 2.16. The minimum Gasteiger partial charge on any atom is -0.382 e. The summed E-state index contributed by atoms with van der Waals surface area (Å²) in [6, 6.07) is 6.84. The van der Waals surface area contributed by atoms with E-state index in [2.05, 4.69) is 15.1 Å². The summed E-state index contributed by atoms with van der Waals surface area (Å²) in [5, 5.41) is 25.8. The third kappa shape index (κ3) is 4.38. The maximum absolute atomic E-state index is 12.6. The van der Waals surface area contributed by atoms with Gasteiger partial charge in [-0.15, -0.1) is 0 Å². The quantitative estimate of drug-likeness (QED) is 0.263. The topological polar surface area (TPSA) is 177 Å². The summed E-state index contributed by atoms with van der Waals surface area (Å²) in [7, 11) is 0. The van der Waals surface area contributed by atoms with Gasteiger partial charge in [-0.1, -0.05) is 29.3 Å². The number of hydrazone groups is 1. The summed E-state index contributed by atoms with van der Waals surface area (Å²) in [4.78, 5) is 40.6. The van der Waals surface area contributed by atoms with Crippen molar-refractivity contribution in [1.29, 1.82) is 0 Å². The molecule has 1 heterocycles. The van der Waals surface area contributed by atoms with Crippen molar-refractivity contribution in [2.45, 2.75) is 6.10 Å². The lowest BCUT2D eigenvalue weighted by atomic mass is 10.0. The number of aliphatic hydroxyl groups excluding tert-OH is 1. The average Bonchev–Trinajstić information content (AvgIpc) is 2.69. The molecule has 2 aromatic carbocycles. The molecule has 0 fully saturated rings. The van der Waals surface area contributed by atoms with Crippen molar-refractivity contribution >= 4 is 51.7 Å². The van der Waals surface area contributed by atoms with Gasteiger partial charge in [0.2, 0.25) is 0 Å². The van der Waals surface area contributed by atoms with Crippen LogP contribution < -0.4 is 16.7 Å². The molecule has 0 spiro atoms. The SMILES string of the molecule is NC(=O)NN=C(c1nc2ccc([N+](=O)[O-])cc2[nH]c1=O)C(O)c1ccc(Cl)c(Cl)c1. The molecule has 0 aliphatic rings. The van der Waals surface area contributed by atoms with Crippen molar-refractivity contribution in [2.24, 2.45) is 10.8 Å². The number of nitrogens with two attached hydrogens (primary N) is 1. The number of nitrogens with zero attached hydrogens (tertiary/aromatic N) is 3. The van der Waals surface area contributed by atoms with E-state index in [9.17, 15) is 24.8 Å². The molecule has 0 bridgehead atoms. The molecule has 0 saturated carbocycles. The number of nitro groups is 1. The number of non-ortho nitro benzene ring substituents is 1. The third-order valence-electron chi connectivity index (χ3n) is 3.93. The Morgan fingerprint density at radius 2 is 2.00 bits per heavy atom. The molecule has 3 rings (SSSR count). The van der Waals surface area contributed by atoms with Gasteiger partial charge in [-0.05, 0) is 23.8 Å². The fourth-order valence-corrected chi connectivity index (χ4v) is 2.87. The number of carbonyl (C=O) groups excluding carboxylic acids is 1. The van der Waals surface area contributed by atoms with Gasteiger partial charge in [-0.3, -0.25) is 14.9 Å². The van der Waals surface area contributed by atoms with E-state index in [-0.39, 0.29) is 43.7 Å². The van der Waals surface area contributed by atoms with Gasteiger partial charge in [-0.25, -0.2) is 15.2 Å². The molecule has 11 nitrogen and oxygen atoms in total. The maximum atomic E-state index is 12.6. The standard InChI is InChI=1S/C17H12Cl2N6O5/c18-9-3-1-7(5-10(9)19)15(26)13(23-24-17(20)28)14-16(27)22-12-6-8(25(29)30)2-4-11(12)21-14/h1-6,15,26H,(H,22,27)(H3,20,24,28). The molecule has 0 saturated heterocycles. The first kappa shape index (κ1) is 21.2. The smallest absolute Gasteiger partial charge is 0.332 e. The van der Waals surface area contributed by atoms with E-state index in [1.54, 1.807) is 0 Å². The lowest BCUT2D eigenvalue weighted by molar-refractivity contribution is -0.384. The second-order valence-corrected chi connectivity index (χ2v) is 6.74. The number of urea groups is 1. The van der Waals surface area contributed by atoms with E-state index in [1.807, 2.05) is 5.43 Å². The number of rotatable bonds is 5. The molecule has 3 aromatic rings. The molecule has 1 atom stereocenters. The van der Waals surface area contributed by atoms with Crippen LogP contribution in [0.4, 0.5) is 10.5 Å². The number of hydrogen-bond acceptors (Lipinski definition) is 7. The van der Waals surface area contributed by atoms with Gasteiger partial charge >= 0.3 is 6.03 Å². The Morgan fingerprint density at radius 1 is 1.27 bits per heavy atom. The number of benzene rings is 2. The van der Waals surface area contributed by atoms with Crippen molar-refractivity contribution < 1.29 is 14.8 Å². The van der Waals surface area contributed by atoms with Gasteiger partial charge in [-0.2, -0.15) is 5.10 Å². The third-order valence-corrected chi connectivity index (χ3v) is 4.67. The van der Waals surface area contributed by atoms with Crippen molar-refractivity contribution in [2.75, 3.05) is 0 Å². The fourth-order valence-electron chi connectivity index (χ4n) is 2.56. The number of primary amides is 1. The second-order valence-electron chi connectivity index (χ2n) is 5.92. The van der Waals surface area contributed by atoms with Gasteiger partial charge in [0.15, 0.2) is 5.69 Å². The van der Waals surface area contributed by atoms with E-state index < -0.39 is 22.6 Å². The first-order valence-corrected chi connectivity index (χ1v) is 8.88. The summed E-state index contributed by atoms with van der Waals surface area (Å²) in [5.74, 6) is 0. The molecule has 30 heavy (non-hydrogen) atoms. The second kappa shape index (κ2) is 8.45. The highest BCUT2D eigenvalue weighted by atomic mass is 35.5. The van der Waals surface area contributed by atoms with E-state index >= 15 is 0 Å². The van der Waals surface area contributed by atoms with Crippen molar-refractivity contribution in [3.63, 3.8) is 0 Å². The Morgan fingerprint density at radius 3 is 2.63 bits per heavy atom. The molecule has 2 amide bonds. The summed E-state index contributed by atoms with van der Waals surface area (Å²) >= 11 is 11.9. The molecular weight excluding hydrogens is 439 g/mol. The number of aliphatic hydroxyl groups is 1. The van der Waals surface area contributed by atoms with Crippen LogP contribution in [0.2, 0.25) is 10.0 Å².